The van der Waals surface area contributed by atoms with E-state index in [1.54, 1.807) is 29.2 Å². The quantitative estimate of drug-likeness (QED) is 0.550. The number of aromatic nitrogens is 1. The minimum absolute atomic E-state index is 0.223. The number of ether oxygens (including phenoxy) is 1. The minimum Gasteiger partial charge on any atom is -0.459 e. The summed E-state index contributed by atoms with van der Waals surface area (Å²) in [6.07, 6.45) is 2.53. The van der Waals surface area contributed by atoms with Crippen molar-refractivity contribution in [1.29, 1.82) is 0 Å². The Morgan fingerprint density at radius 2 is 1.75 bits per heavy atom. The first-order valence-electron chi connectivity index (χ1n) is 10.7. The number of likely N-dealkylation sites (tertiary alicyclic amines) is 1. The van der Waals surface area contributed by atoms with Crippen LogP contribution in [0.2, 0.25) is 0 Å². The molecule has 0 radical (unpaired) electrons. The van der Waals surface area contributed by atoms with Gasteiger partial charge in [0.15, 0.2) is 15.4 Å². The van der Waals surface area contributed by atoms with E-state index in [-0.39, 0.29) is 16.9 Å². The fourth-order valence-corrected chi connectivity index (χ4v) is 4.48. The maximum atomic E-state index is 12.3. The summed E-state index contributed by atoms with van der Waals surface area (Å²) in [7, 11) is -3.23. The molecule has 7 nitrogen and oxygen atoms in total. The van der Waals surface area contributed by atoms with Crippen LogP contribution in [0.15, 0.2) is 51.8 Å². The highest BCUT2D eigenvalue weighted by Crippen LogP contribution is 2.33. The molecule has 1 saturated heterocycles. The van der Waals surface area contributed by atoms with Crippen molar-refractivity contribution in [3.8, 4) is 11.3 Å². The van der Waals surface area contributed by atoms with Crippen molar-refractivity contribution in [2.45, 2.75) is 50.0 Å². The Morgan fingerprint density at radius 1 is 1.09 bits per heavy atom. The molecule has 3 aromatic rings. The number of hydrogen-bond acceptors (Lipinski definition) is 6. The molecule has 32 heavy (non-hydrogen) atoms. The van der Waals surface area contributed by atoms with Crippen molar-refractivity contribution in [1.82, 2.24) is 9.88 Å². The lowest BCUT2D eigenvalue weighted by molar-refractivity contribution is 0.0200. The molecule has 1 aliphatic rings. The van der Waals surface area contributed by atoms with Gasteiger partial charge in [-0.25, -0.2) is 18.2 Å². The maximum absolute atomic E-state index is 12.3. The Balaban J connectivity index is 1.48. The third kappa shape index (κ3) is 4.96. The van der Waals surface area contributed by atoms with Gasteiger partial charge in [0.1, 0.15) is 16.9 Å². The largest absolute Gasteiger partial charge is 0.459 e. The highest BCUT2D eigenvalue weighted by Gasteiger charge is 2.29. The summed E-state index contributed by atoms with van der Waals surface area (Å²) >= 11 is 0. The van der Waals surface area contributed by atoms with E-state index in [1.807, 2.05) is 39.0 Å². The SMILES string of the molecule is CC(C)(C)OC(=O)N1CCC(c2cc3nc(-c4ccc(S(C)(=O)=O)cc4)ccc3o2)CC1. The topological polar surface area (TPSA) is 89.7 Å². The molecule has 0 aliphatic carbocycles. The van der Waals surface area contributed by atoms with Gasteiger partial charge in [-0.05, 0) is 57.9 Å². The molecule has 8 heteroatoms. The molecule has 3 heterocycles. The standard InChI is InChI=1S/C24H28N2O5S/c1-24(2,3)31-23(27)26-13-11-17(12-14-26)22-15-20-21(30-22)10-9-19(25-20)16-5-7-18(8-6-16)32(4,28)29/h5-10,15,17H,11-14H2,1-4H3. The van der Waals surface area contributed by atoms with E-state index in [2.05, 4.69) is 0 Å². The lowest BCUT2D eigenvalue weighted by atomic mass is 9.94. The molecule has 1 aromatic carbocycles. The Kier molecular flexibility index (Phi) is 5.75. The number of amides is 1. The second-order valence-corrected chi connectivity index (χ2v) is 11.3. The number of nitrogens with zero attached hydrogens (tertiary/aromatic N) is 2. The molecule has 0 spiro atoms. The van der Waals surface area contributed by atoms with Gasteiger partial charge in [-0.3, -0.25) is 0 Å². The van der Waals surface area contributed by atoms with Crippen molar-refractivity contribution in [3.05, 3.63) is 48.2 Å². The molecule has 0 saturated carbocycles. The summed E-state index contributed by atoms with van der Waals surface area (Å²) in [4.78, 5) is 19.0. The van der Waals surface area contributed by atoms with Crippen LogP contribution in [0.4, 0.5) is 4.79 Å². The van der Waals surface area contributed by atoms with Gasteiger partial charge in [-0.1, -0.05) is 12.1 Å². The first-order chi connectivity index (χ1) is 15.0. The molecular formula is C24H28N2O5S. The van der Waals surface area contributed by atoms with E-state index in [1.165, 1.54) is 6.26 Å². The average Bonchev–Trinajstić information content (AvgIpc) is 3.15. The Labute approximate surface area is 188 Å². The molecule has 1 aliphatic heterocycles. The third-order valence-corrected chi connectivity index (χ3v) is 6.65. The number of piperidine rings is 1. The zero-order valence-electron chi connectivity index (χ0n) is 18.8. The average molecular weight is 457 g/mol. The van der Waals surface area contributed by atoms with Crippen molar-refractivity contribution >= 4 is 27.0 Å². The summed E-state index contributed by atoms with van der Waals surface area (Å²) in [6.45, 7) is 6.86. The van der Waals surface area contributed by atoms with Crippen LogP contribution in [0.3, 0.4) is 0 Å². The lowest BCUT2D eigenvalue weighted by Gasteiger charge is -2.32. The lowest BCUT2D eigenvalue weighted by Crippen LogP contribution is -2.41. The number of furan rings is 1. The Bertz CT molecular complexity index is 1230. The van der Waals surface area contributed by atoms with Crippen LogP contribution in [0, 0.1) is 0 Å². The normalized spacial score (nSPS) is 15.8. The monoisotopic (exact) mass is 456 g/mol. The smallest absolute Gasteiger partial charge is 0.410 e. The zero-order chi connectivity index (χ0) is 23.1. The molecular weight excluding hydrogens is 428 g/mol. The van der Waals surface area contributed by atoms with E-state index >= 15 is 0 Å². The van der Waals surface area contributed by atoms with Crippen molar-refractivity contribution in [3.63, 3.8) is 0 Å². The van der Waals surface area contributed by atoms with E-state index in [4.69, 9.17) is 14.1 Å². The predicted octanol–water partition coefficient (Wildman–Crippen LogP) is 5.01. The molecule has 0 unspecified atom stereocenters. The Hall–Kier alpha value is -2.87. The highest BCUT2D eigenvalue weighted by atomic mass is 32.2. The molecule has 2 aromatic heterocycles. The first-order valence-corrected chi connectivity index (χ1v) is 12.6. The van der Waals surface area contributed by atoms with E-state index in [9.17, 15) is 13.2 Å². The van der Waals surface area contributed by atoms with Crippen LogP contribution in [-0.2, 0) is 14.6 Å². The fraction of sp³-hybridized carbons (Fsp3) is 0.417. The number of pyridine rings is 1. The maximum Gasteiger partial charge on any atom is 0.410 e. The third-order valence-electron chi connectivity index (χ3n) is 5.52. The molecule has 170 valence electrons. The van der Waals surface area contributed by atoms with Crippen LogP contribution in [0.25, 0.3) is 22.4 Å². The molecule has 0 N–H and O–H groups in total. The van der Waals surface area contributed by atoms with Crippen molar-refractivity contribution < 1.29 is 22.4 Å². The fourth-order valence-electron chi connectivity index (χ4n) is 3.85. The second kappa shape index (κ2) is 8.24. The van der Waals surface area contributed by atoms with Gasteiger partial charge >= 0.3 is 6.09 Å². The first kappa shape index (κ1) is 22.3. The number of sulfone groups is 1. The van der Waals surface area contributed by atoms with Crippen LogP contribution < -0.4 is 0 Å². The van der Waals surface area contributed by atoms with Gasteiger partial charge in [0, 0.05) is 36.9 Å². The predicted molar refractivity (Wildman–Crippen MR) is 122 cm³/mol. The number of hydrogen-bond donors (Lipinski definition) is 0. The van der Waals surface area contributed by atoms with Crippen LogP contribution >= 0.6 is 0 Å². The van der Waals surface area contributed by atoms with Gasteiger partial charge in [-0.15, -0.1) is 0 Å². The summed E-state index contributed by atoms with van der Waals surface area (Å²) < 4.78 is 34.9. The number of benzene rings is 1. The number of rotatable bonds is 3. The molecule has 1 fully saturated rings. The number of carbonyl (C=O) groups excluding carboxylic acids is 1. The van der Waals surface area contributed by atoms with Gasteiger partial charge in [0.05, 0.1) is 10.6 Å². The minimum atomic E-state index is -3.23. The van der Waals surface area contributed by atoms with E-state index in [0.29, 0.717) is 18.7 Å². The van der Waals surface area contributed by atoms with E-state index in [0.717, 1.165) is 35.4 Å². The van der Waals surface area contributed by atoms with Gasteiger partial charge in [-0.2, -0.15) is 0 Å². The number of fused-ring (bicyclic) bond motifs is 1. The van der Waals surface area contributed by atoms with E-state index < -0.39 is 15.4 Å². The van der Waals surface area contributed by atoms with Gasteiger partial charge in [0.25, 0.3) is 0 Å². The highest BCUT2D eigenvalue weighted by molar-refractivity contribution is 7.90. The Morgan fingerprint density at radius 3 is 2.34 bits per heavy atom. The summed E-state index contributed by atoms with van der Waals surface area (Å²) in [5, 5.41) is 0. The van der Waals surface area contributed by atoms with Crippen LogP contribution in [0.1, 0.15) is 45.3 Å². The van der Waals surface area contributed by atoms with Crippen LogP contribution in [0.5, 0.6) is 0 Å². The zero-order valence-corrected chi connectivity index (χ0v) is 19.6. The summed E-state index contributed by atoms with van der Waals surface area (Å²) in [5.41, 5.74) is 2.57. The summed E-state index contributed by atoms with van der Waals surface area (Å²) in [5.74, 6) is 1.10. The molecule has 4 rings (SSSR count). The summed E-state index contributed by atoms with van der Waals surface area (Å²) in [6, 6.07) is 12.4. The molecule has 0 bridgehead atoms. The van der Waals surface area contributed by atoms with Crippen molar-refractivity contribution in [2.75, 3.05) is 19.3 Å². The van der Waals surface area contributed by atoms with Gasteiger partial charge < -0.3 is 14.1 Å². The van der Waals surface area contributed by atoms with Crippen molar-refractivity contribution in [2.24, 2.45) is 0 Å². The molecule has 1 amide bonds. The van der Waals surface area contributed by atoms with Crippen LogP contribution in [-0.4, -0.2) is 49.3 Å². The second-order valence-electron chi connectivity index (χ2n) is 9.27. The van der Waals surface area contributed by atoms with Gasteiger partial charge in [0.2, 0.25) is 0 Å². The molecule has 0 atom stereocenters. The number of carbonyl (C=O) groups is 1.